The number of carbonyl (C=O) groups excluding carboxylic acids is 1. The van der Waals surface area contributed by atoms with Crippen molar-refractivity contribution in [1.82, 2.24) is 0 Å². The van der Waals surface area contributed by atoms with Gasteiger partial charge in [0.05, 0.1) is 17.1 Å². The molecule has 1 aromatic rings. The molecule has 2 rings (SSSR count). The lowest BCUT2D eigenvalue weighted by molar-refractivity contribution is -0.117. The minimum absolute atomic E-state index is 0.0891. The van der Waals surface area contributed by atoms with Gasteiger partial charge < -0.3 is 10.2 Å². The van der Waals surface area contributed by atoms with Crippen molar-refractivity contribution in [1.29, 1.82) is 0 Å². The zero-order chi connectivity index (χ0) is 15.5. The maximum absolute atomic E-state index is 11.9. The molecule has 1 aliphatic rings. The number of benzene rings is 1. The van der Waals surface area contributed by atoms with Crippen molar-refractivity contribution in [3.8, 4) is 0 Å². The van der Waals surface area contributed by atoms with Crippen molar-refractivity contribution >= 4 is 27.1 Å². The van der Waals surface area contributed by atoms with Crippen LogP contribution in [0.1, 0.15) is 26.7 Å². The van der Waals surface area contributed by atoms with Crippen LogP contribution in [0.25, 0.3) is 0 Å². The molecule has 5 nitrogen and oxygen atoms in total. The first-order valence-corrected chi connectivity index (χ1v) is 9.11. The van der Waals surface area contributed by atoms with Gasteiger partial charge in [-0.05, 0) is 25.5 Å². The molecule has 0 radical (unpaired) electrons. The summed E-state index contributed by atoms with van der Waals surface area (Å²) in [4.78, 5) is 13.7. The Kier molecular flexibility index (Phi) is 4.88. The van der Waals surface area contributed by atoms with Gasteiger partial charge >= 0.3 is 0 Å². The standard InChI is InChI=1S/C15H22N2O3S/c1-3-21(19,20)11-12(2)16-13-7-4-5-8-14(13)17-10-6-9-15(17)18/h4-5,7-8,12,16H,3,6,9-11H2,1-2H3. The van der Waals surface area contributed by atoms with Gasteiger partial charge in [-0.1, -0.05) is 19.1 Å². The number of anilines is 2. The van der Waals surface area contributed by atoms with Gasteiger partial charge in [0.25, 0.3) is 0 Å². The van der Waals surface area contributed by atoms with Crippen LogP contribution in [0.5, 0.6) is 0 Å². The fourth-order valence-corrected chi connectivity index (χ4v) is 3.62. The van der Waals surface area contributed by atoms with E-state index in [1.807, 2.05) is 31.2 Å². The number of amides is 1. The summed E-state index contributed by atoms with van der Waals surface area (Å²) in [5, 5.41) is 3.23. The van der Waals surface area contributed by atoms with Crippen molar-refractivity contribution in [2.45, 2.75) is 32.7 Å². The maximum Gasteiger partial charge on any atom is 0.227 e. The van der Waals surface area contributed by atoms with Crippen LogP contribution in [0.4, 0.5) is 11.4 Å². The summed E-state index contributed by atoms with van der Waals surface area (Å²) in [5.41, 5.74) is 1.65. The van der Waals surface area contributed by atoms with Crippen molar-refractivity contribution in [2.24, 2.45) is 0 Å². The third-order valence-electron chi connectivity index (χ3n) is 3.61. The zero-order valence-corrected chi connectivity index (χ0v) is 13.3. The van der Waals surface area contributed by atoms with Gasteiger partial charge in [0, 0.05) is 24.8 Å². The number of nitrogens with zero attached hydrogens (tertiary/aromatic N) is 1. The molecule has 0 bridgehead atoms. The molecule has 6 heteroatoms. The van der Waals surface area contributed by atoms with E-state index < -0.39 is 9.84 Å². The number of sulfone groups is 1. The first-order valence-electron chi connectivity index (χ1n) is 7.29. The SMILES string of the molecule is CCS(=O)(=O)CC(C)Nc1ccccc1N1CCCC1=O. The number of hydrogen-bond donors (Lipinski definition) is 1. The van der Waals surface area contributed by atoms with E-state index in [4.69, 9.17) is 0 Å². The molecule has 0 aliphatic carbocycles. The highest BCUT2D eigenvalue weighted by Gasteiger charge is 2.24. The molecule has 116 valence electrons. The summed E-state index contributed by atoms with van der Waals surface area (Å²) >= 11 is 0. The molecule has 1 amide bonds. The number of hydrogen-bond acceptors (Lipinski definition) is 4. The molecule has 1 N–H and O–H groups in total. The van der Waals surface area contributed by atoms with Crippen molar-refractivity contribution in [3.63, 3.8) is 0 Å². The lowest BCUT2D eigenvalue weighted by Gasteiger charge is -2.23. The predicted molar refractivity (Wildman–Crippen MR) is 85.4 cm³/mol. The molecular formula is C15H22N2O3S. The third kappa shape index (κ3) is 3.97. The second-order valence-corrected chi connectivity index (χ2v) is 7.81. The Bertz CT molecular complexity index is 613. The van der Waals surface area contributed by atoms with E-state index in [9.17, 15) is 13.2 Å². The Hall–Kier alpha value is -1.56. The Labute approximate surface area is 126 Å². The molecule has 1 fully saturated rings. The van der Waals surface area contributed by atoms with Gasteiger partial charge in [-0.25, -0.2) is 8.42 Å². The van der Waals surface area contributed by atoms with Gasteiger partial charge in [0.2, 0.25) is 5.91 Å². The number of carbonyl (C=O) groups is 1. The second-order valence-electron chi connectivity index (χ2n) is 5.41. The number of nitrogens with one attached hydrogen (secondary N) is 1. The second kappa shape index (κ2) is 6.47. The molecule has 1 saturated heterocycles. The number of para-hydroxylation sites is 2. The summed E-state index contributed by atoms with van der Waals surface area (Å²) in [5.74, 6) is 0.356. The Morgan fingerprint density at radius 3 is 2.67 bits per heavy atom. The zero-order valence-electron chi connectivity index (χ0n) is 12.5. The van der Waals surface area contributed by atoms with E-state index in [1.54, 1.807) is 11.8 Å². The Morgan fingerprint density at radius 2 is 2.05 bits per heavy atom. The van der Waals surface area contributed by atoms with Crippen LogP contribution in [0.3, 0.4) is 0 Å². The fraction of sp³-hybridized carbons (Fsp3) is 0.533. The van der Waals surface area contributed by atoms with Crippen LogP contribution < -0.4 is 10.2 Å². The highest BCUT2D eigenvalue weighted by atomic mass is 32.2. The van der Waals surface area contributed by atoms with Crippen LogP contribution in [-0.2, 0) is 14.6 Å². The summed E-state index contributed by atoms with van der Waals surface area (Å²) in [6, 6.07) is 7.35. The average molecular weight is 310 g/mol. The van der Waals surface area contributed by atoms with Crippen LogP contribution >= 0.6 is 0 Å². The minimum Gasteiger partial charge on any atom is -0.380 e. The summed E-state index contributed by atoms with van der Waals surface area (Å²) < 4.78 is 23.4. The lowest BCUT2D eigenvalue weighted by atomic mass is 10.2. The van der Waals surface area contributed by atoms with E-state index >= 15 is 0 Å². The summed E-state index contributed by atoms with van der Waals surface area (Å²) in [6.45, 7) is 4.22. The van der Waals surface area contributed by atoms with E-state index in [0.717, 1.165) is 24.3 Å². The quantitative estimate of drug-likeness (QED) is 0.873. The normalized spacial score (nSPS) is 17.0. The molecule has 0 spiro atoms. The molecule has 0 aromatic heterocycles. The van der Waals surface area contributed by atoms with E-state index in [0.29, 0.717) is 6.42 Å². The maximum atomic E-state index is 11.9. The Morgan fingerprint density at radius 1 is 1.33 bits per heavy atom. The molecule has 1 unspecified atom stereocenters. The van der Waals surface area contributed by atoms with Gasteiger partial charge in [0.1, 0.15) is 0 Å². The molecule has 21 heavy (non-hydrogen) atoms. The van der Waals surface area contributed by atoms with Gasteiger partial charge in [-0.15, -0.1) is 0 Å². The molecule has 1 atom stereocenters. The van der Waals surface area contributed by atoms with Gasteiger partial charge in [-0.2, -0.15) is 0 Å². The first-order chi connectivity index (χ1) is 9.93. The Balaban J connectivity index is 2.15. The molecular weight excluding hydrogens is 288 g/mol. The highest BCUT2D eigenvalue weighted by molar-refractivity contribution is 7.91. The molecule has 1 aromatic carbocycles. The predicted octanol–water partition coefficient (Wildman–Crippen LogP) is 2.05. The van der Waals surface area contributed by atoms with Crippen LogP contribution in [0.15, 0.2) is 24.3 Å². The molecule has 0 saturated carbocycles. The van der Waals surface area contributed by atoms with Crippen molar-refractivity contribution < 1.29 is 13.2 Å². The van der Waals surface area contributed by atoms with Crippen molar-refractivity contribution in [2.75, 3.05) is 28.3 Å². The van der Waals surface area contributed by atoms with Gasteiger partial charge in [0.15, 0.2) is 9.84 Å². The van der Waals surface area contributed by atoms with Crippen LogP contribution in [0.2, 0.25) is 0 Å². The molecule has 1 aliphatic heterocycles. The first kappa shape index (κ1) is 15.8. The van der Waals surface area contributed by atoms with Crippen LogP contribution in [-0.4, -0.2) is 38.4 Å². The lowest BCUT2D eigenvalue weighted by Crippen LogP contribution is -2.29. The van der Waals surface area contributed by atoms with Crippen LogP contribution in [0, 0.1) is 0 Å². The van der Waals surface area contributed by atoms with Gasteiger partial charge in [-0.3, -0.25) is 4.79 Å². The highest BCUT2D eigenvalue weighted by Crippen LogP contribution is 2.29. The van der Waals surface area contributed by atoms with E-state index in [1.165, 1.54) is 0 Å². The van der Waals surface area contributed by atoms with E-state index in [-0.39, 0.29) is 23.5 Å². The monoisotopic (exact) mass is 310 g/mol. The van der Waals surface area contributed by atoms with Crippen molar-refractivity contribution in [3.05, 3.63) is 24.3 Å². The number of rotatable bonds is 6. The average Bonchev–Trinajstić information content (AvgIpc) is 2.85. The largest absolute Gasteiger partial charge is 0.380 e. The molecule has 1 heterocycles. The summed E-state index contributed by atoms with van der Waals surface area (Å²) in [6.07, 6.45) is 1.45. The minimum atomic E-state index is -3.02. The smallest absolute Gasteiger partial charge is 0.227 e. The third-order valence-corrected chi connectivity index (χ3v) is 5.50. The van der Waals surface area contributed by atoms with E-state index in [2.05, 4.69) is 5.32 Å². The summed E-state index contributed by atoms with van der Waals surface area (Å²) in [7, 11) is -3.02. The fourth-order valence-electron chi connectivity index (χ4n) is 2.54. The topological polar surface area (TPSA) is 66.5 Å².